The molecule has 1 aromatic carbocycles. The number of alkyl carbamates (subject to hydrolysis) is 1. The second-order valence-corrected chi connectivity index (χ2v) is 10.4. The van der Waals surface area contributed by atoms with Crippen LogP contribution < -0.4 is 5.32 Å². The third kappa shape index (κ3) is 11.1. The molecule has 1 atom stereocenters. The summed E-state index contributed by atoms with van der Waals surface area (Å²) in [5.74, 6) is -0.224. The minimum atomic E-state index is -1.00. The number of methoxy groups -OCH3 is 1. The number of carbonyl (C=O) groups is 4. The van der Waals surface area contributed by atoms with Gasteiger partial charge in [-0.05, 0) is 51.2 Å². The molecule has 0 spiro atoms. The van der Waals surface area contributed by atoms with Crippen molar-refractivity contribution in [1.29, 1.82) is 0 Å². The van der Waals surface area contributed by atoms with E-state index in [9.17, 15) is 23.6 Å². The quantitative estimate of drug-likeness (QED) is 0.568. The first-order valence-corrected chi connectivity index (χ1v) is 12.2. The Balaban J connectivity index is 0.000000342. The molecule has 0 bridgehead atoms. The minimum Gasteiger partial charge on any atom is -0.467 e. The molecule has 3 rings (SSSR count). The van der Waals surface area contributed by atoms with Gasteiger partial charge in [0.2, 0.25) is 5.91 Å². The van der Waals surface area contributed by atoms with E-state index in [1.165, 1.54) is 23.0 Å². The average molecular weight is 526 g/mol. The Morgan fingerprint density at radius 1 is 1.16 bits per heavy atom. The number of hydrogen-bond acceptors (Lipinski definition) is 6. The molecule has 2 aliphatic rings. The molecular weight excluding hydrogens is 485 g/mol. The Bertz CT molecular complexity index is 944. The summed E-state index contributed by atoms with van der Waals surface area (Å²) in [6.45, 7) is 12.5. The number of benzene rings is 1. The number of amides is 3. The van der Waals surface area contributed by atoms with Crippen LogP contribution in [-0.2, 0) is 32.2 Å². The maximum atomic E-state index is 13.1. The molecule has 208 valence electrons. The first kappa shape index (κ1) is 31.7. The van der Waals surface area contributed by atoms with Gasteiger partial charge >= 0.3 is 18.2 Å². The zero-order valence-corrected chi connectivity index (χ0v) is 22.8. The van der Waals surface area contributed by atoms with Crippen LogP contribution in [0.2, 0.25) is 0 Å². The molecule has 2 aliphatic heterocycles. The van der Waals surface area contributed by atoms with Gasteiger partial charge < -0.3 is 24.8 Å². The van der Waals surface area contributed by atoms with Gasteiger partial charge in [-0.1, -0.05) is 32.9 Å². The topological polar surface area (TPSA) is 125 Å². The van der Waals surface area contributed by atoms with Crippen LogP contribution in [0.1, 0.15) is 65.5 Å². The second kappa shape index (κ2) is 14.4. The number of nitrogens with one attached hydrogen (secondary N) is 1. The predicted molar refractivity (Wildman–Crippen MR) is 135 cm³/mol. The van der Waals surface area contributed by atoms with E-state index in [2.05, 4.69) is 30.8 Å². The smallest absolute Gasteiger partial charge is 0.408 e. The fraction of sp³-hybridized carbons (Fsp3) is 0.615. The van der Waals surface area contributed by atoms with Gasteiger partial charge in [-0.2, -0.15) is 0 Å². The largest absolute Gasteiger partial charge is 0.467 e. The lowest BCUT2D eigenvalue weighted by molar-refractivity contribution is -0.150. The van der Waals surface area contributed by atoms with Crippen LogP contribution in [0, 0.1) is 11.7 Å². The van der Waals surface area contributed by atoms with Crippen molar-refractivity contribution in [3.8, 4) is 0 Å². The Labute approximate surface area is 218 Å². The van der Waals surface area contributed by atoms with E-state index in [-0.39, 0.29) is 24.8 Å². The monoisotopic (exact) mass is 525 g/mol. The third-order valence-electron chi connectivity index (χ3n) is 5.03. The lowest BCUT2D eigenvalue weighted by Gasteiger charge is -2.23. The number of nitrogens with zero attached hydrogens (tertiary/aromatic N) is 2. The lowest BCUT2D eigenvalue weighted by atomic mass is 10.1. The number of esters is 1. The molecule has 3 amide bonds. The number of halogens is 1. The number of ether oxygens (including phenoxy) is 2. The van der Waals surface area contributed by atoms with E-state index in [1.807, 2.05) is 0 Å². The average Bonchev–Trinajstić information content (AvgIpc) is 3.44. The number of fused-ring (bicyclic) bond motifs is 1. The number of rotatable bonds is 3. The molecule has 37 heavy (non-hydrogen) atoms. The zero-order valence-electron chi connectivity index (χ0n) is 22.8. The molecule has 0 aliphatic carbocycles. The number of carbonyl (C=O) groups excluding carboxylic acids is 3. The van der Waals surface area contributed by atoms with Crippen LogP contribution in [-0.4, -0.2) is 70.8 Å². The molecule has 1 unspecified atom stereocenters. The number of carboxylic acid groups (broad SMARTS) is 1. The minimum absolute atomic E-state index is 0.164. The van der Waals surface area contributed by atoms with Crippen molar-refractivity contribution in [1.82, 2.24) is 15.1 Å². The van der Waals surface area contributed by atoms with Crippen molar-refractivity contribution >= 4 is 24.1 Å². The van der Waals surface area contributed by atoms with Crippen molar-refractivity contribution in [3.63, 3.8) is 0 Å². The van der Waals surface area contributed by atoms with Gasteiger partial charge in [-0.25, -0.2) is 18.8 Å². The molecule has 1 saturated heterocycles. The van der Waals surface area contributed by atoms with Crippen LogP contribution >= 0.6 is 0 Å². The van der Waals surface area contributed by atoms with Gasteiger partial charge in [-0.15, -0.1) is 0 Å². The Kier molecular flexibility index (Phi) is 12.3. The summed E-state index contributed by atoms with van der Waals surface area (Å²) >= 11 is 0. The van der Waals surface area contributed by atoms with E-state index >= 15 is 0 Å². The van der Waals surface area contributed by atoms with Gasteiger partial charge in [0.05, 0.1) is 13.7 Å². The summed E-state index contributed by atoms with van der Waals surface area (Å²) in [6, 6.07) is 4.15. The van der Waals surface area contributed by atoms with Crippen LogP contribution in [0.5, 0.6) is 0 Å². The fourth-order valence-electron chi connectivity index (χ4n) is 3.53. The molecule has 0 radical (unpaired) electrons. The third-order valence-corrected chi connectivity index (χ3v) is 5.03. The van der Waals surface area contributed by atoms with Crippen molar-refractivity contribution in [2.45, 2.75) is 79.1 Å². The zero-order chi connectivity index (χ0) is 28.3. The van der Waals surface area contributed by atoms with E-state index in [4.69, 9.17) is 9.84 Å². The van der Waals surface area contributed by atoms with Gasteiger partial charge in [0.1, 0.15) is 24.0 Å². The van der Waals surface area contributed by atoms with Crippen LogP contribution in [0.25, 0.3) is 0 Å². The molecule has 2 N–H and O–H groups in total. The molecule has 1 aromatic rings. The first-order valence-electron chi connectivity index (χ1n) is 12.2. The van der Waals surface area contributed by atoms with Gasteiger partial charge in [-0.3, -0.25) is 9.69 Å². The highest BCUT2D eigenvalue weighted by molar-refractivity contribution is 5.87. The first-order chi connectivity index (χ1) is 17.2. The molecule has 1 fully saturated rings. The number of hydrogen-bond donors (Lipinski definition) is 2. The highest BCUT2D eigenvalue weighted by atomic mass is 19.1. The van der Waals surface area contributed by atoms with Crippen LogP contribution in [0.15, 0.2) is 18.2 Å². The van der Waals surface area contributed by atoms with Crippen molar-refractivity contribution in [3.05, 3.63) is 35.1 Å². The normalized spacial score (nSPS) is 16.1. The molecule has 0 aromatic heterocycles. The van der Waals surface area contributed by atoms with E-state index < -0.39 is 29.8 Å². The SMILES string of the molecule is CC(C)C.COC(=O)C1CCCN1C(=O)CNC(=O)OC(C)(C)C.O=C(O)N1Cc2cccc(F)c2C1. The predicted octanol–water partition coefficient (Wildman–Crippen LogP) is 4.16. The Morgan fingerprint density at radius 2 is 1.78 bits per heavy atom. The Morgan fingerprint density at radius 3 is 2.30 bits per heavy atom. The van der Waals surface area contributed by atoms with Crippen molar-refractivity contribution in [2.24, 2.45) is 5.92 Å². The summed E-state index contributed by atoms with van der Waals surface area (Å²) in [4.78, 5) is 48.2. The summed E-state index contributed by atoms with van der Waals surface area (Å²) in [6.07, 6.45) is -0.321. The Hall–Kier alpha value is -3.37. The van der Waals surface area contributed by atoms with E-state index in [0.29, 0.717) is 25.1 Å². The highest BCUT2D eigenvalue weighted by Gasteiger charge is 2.34. The highest BCUT2D eigenvalue weighted by Crippen LogP contribution is 2.24. The fourth-order valence-corrected chi connectivity index (χ4v) is 3.53. The molecule has 0 saturated carbocycles. The standard InChI is InChI=1S/C13H22N2O5.C9H8FNO2.C4H10/c1-13(2,3)20-12(18)14-8-10(16)15-7-5-6-9(15)11(17)19-4;10-8-3-1-2-6-4-11(9(12)13)5-7(6)8;1-4(2)3/h9H,5-8H2,1-4H3,(H,14,18);1-3H,4-5H2,(H,12,13);4H,1-3H3. The van der Waals surface area contributed by atoms with E-state index in [0.717, 1.165) is 17.9 Å². The summed E-state index contributed by atoms with van der Waals surface area (Å²) in [7, 11) is 1.29. The van der Waals surface area contributed by atoms with Crippen molar-refractivity contribution < 1.29 is 38.1 Å². The number of likely N-dealkylation sites (tertiary alicyclic amines) is 1. The molecule has 11 heteroatoms. The van der Waals surface area contributed by atoms with Gasteiger partial charge in [0.25, 0.3) is 0 Å². The van der Waals surface area contributed by atoms with Crippen LogP contribution in [0.4, 0.5) is 14.0 Å². The molecular formula is C26H40FN3O7. The van der Waals surface area contributed by atoms with Crippen LogP contribution in [0.3, 0.4) is 0 Å². The van der Waals surface area contributed by atoms with Gasteiger partial charge in [0.15, 0.2) is 0 Å². The second-order valence-electron chi connectivity index (χ2n) is 10.4. The lowest BCUT2D eigenvalue weighted by Crippen LogP contribution is -2.46. The summed E-state index contributed by atoms with van der Waals surface area (Å²) < 4.78 is 22.8. The summed E-state index contributed by atoms with van der Waals surface area (Å²) in [5, 5.41) is 11.1. The maximum absolute atomic E-state index is 13.1. The van der Waals surface area contributed by atoms with Crippen molar-refractivity contribution in [2.75, 3.05) is 20.2 Å². The van der Waals surface area contributed by atoms with E-state index in [1.54, 1.807) is 32.9 Å². The molecule has 10 nitrogen and oxygen atoms in total. The van der Waals surface area contributed by atoms with Gasteiger partial charge in [0, 0.05) is 18.7 Å². The summed E-state index contributed by atoms with van der Waals surface area (Å²) in [5.41, 5.74) is 0.655. The maximum Gasteiger partial charge on any atom is 0.408 e. The molecule has 2 heterocycles.